The van der Waals surface area contributed by atoms with Crippen LogP contribution in [0, 0.1) is 5.92 Å². The Morgan fingerprint density at radius 2 is 2.05 bits per heavy atom. The van der Waals surface area contributed by atoms with E-state index < -0.39 is 5.60 Å². The van der Waals surface area contributed by atoms with Gasteiger partial charge in [0.1, 0.15) is 5.60 Å². The first kappa shape index (κ1) is 14.0. The van der Waals surface area contributed by atoms with Gasteiger partial charge in [0.2, 0.25) is 0 Å². The van der Waals surface area contributed by atoms with E-state index in [0.29, 0.717) is 31.6 Å². The molecule has 0 aliphatic carbocycles. The van der Waals surface area contributed by atoms with Crippen molar-refractivity contribution in [2.45, 2.75) is 25.9 Å². The molecule has 2 rings (SSSR count). The molecule has 4 nitrogen and oxygen atoms in total. The zero-order valence-corrected chi connectivity index (χ0v) is 11.6. The van der Waals surface area contributed by atoms with Crippen molar-refractivity contribution < 1.29 is 9.90 Å². The van der Waals surface area contributed by atoms with E-state index in [4.69, 9.17) is 5.73 Å². The van der Waals surface area contributed by atoms with E-state index in [-0.39, 0.29) is 11.8 Å². The lowest BCUT2D eigenvalue weighted by molar-refractivity contribution is -0.110. The molecule has 104 valence electrons. The largest absolute Gasteiger partial charge is 0.386 e. The minimum atomic E-state index is -0.724. The highest BCUT2D eigenvalue weighted by molar-refractivity contribution is 5.96. The fraction of sp³-hybridized carbons (Fsp3) is 0.533. The predicted molar refractivity (Wildman–Crippen MR) is 74.9 cm³/mol. The number of carbonyl (C=O) groups excluding carboxylic acids is 1. The first-order chi connectivity index (χ1) is 8.98. The van der Waals surface area contributed by atoms with Gasteiger partial charge in [-0.1, -0.05) is 32.0 Å². The van der Waals surface area contributed by atoms with Crippen LogP contribution in [0.4, 0.5) is 0 Å². The molecule has 0 bridgehead atoms. The van der Waals surface area contributed by atoms with Gasteiger partial charge in [-0.15, -0.1) is 0 Å². The Balaban J connectivity index is 2.10. The molecule has 1 heterocycles. The summed E-state index contributed by atoms with van der Waals surface area (Å²) in [5.74, 6) is 0.158. The van der Waals surface area contributed by atoms with Crippen LogP contribution in [0.2, 0.25) is 0 Å². The number of hydrogen-bond donors (Lipinski definition) is 2. The summed E-state index contributed by atoms with van der Waals surface area (Å²) in [6.07, 6.45) is 0.699. The van der Waals surface area contributed by atoms with Crippen LogP contribution in [0.1, 0.15) is 29.8 Å². The van der Waals surface area contributed by atoms with Gasteiger partial charge >= 0.3 is 0 Å². The van der Waals surface area contributed by atoms with Crippen molar-refractivity contribution in [2.24, 2.45) is 11.7 Å². The van der Waals surface area contributed by atoms with Gasteiger partial charge in [-0.2, -0.15) is 0 Å². The summed E-state index contributed by atoms with van der Waals surface area (Å²) in [5, 5.41) is 10.2. The molecule has 0 aromatic heterocycles. The van der Waals surface area contributed by atoms with Crippen molar-refractivity contribution in [3.8, 4) is 0 Å². The smallest absolute Gasteiger partial charge is 0.254 e. The van der Waals surface area contributed by atoms with E-state index in [1.807, 2.05) is 38.1 Å². The number of β-amino-alcohol motifs (C(OH)–C–C–N with tert-alkyl or cyclic N) is 1. The highest BCUT2D eigenvalue weighted by Gasteiger charge is 2.46. The Bertz CT molecular complexity index is 465. The van der Waals surface area contributed by atoms with Crippen molar-refractivity contribution in [2.75, 3.05) is 19.6 Å². The summed E-state index contributed by atoms with van der Waals surface area (Å²) in [6, 6.07) is 7.55. The predicted octanol–water partition coefficient (Wildman–Crippen LogP) is 1.03. The van der Waals surface area contributed by atoms with Crippen molar-refractivity contribution >= 4 is 5.91 Å². The quantitative estimate of drug-likeness (QED) is 0.851. The summed E-state index contributed by atoms with van der Waals surface area (Å²) >= 11 is 0. The van der Waals surface area contributed by atoms with E-state index in [2.05, 4.69) is 0 Å². The number of nitrogens with zero attached hydrogens (tertiary/aromatic N) is 1. The van der Waals surface area contributed by atoms with E-state index >= 15 is 0 Å². The summed E-state index contributed by atoms with van der Waals surface area (Å²) < 4.78 is 0. The maximum Gasteiger partial charge on any atom is 0.254 e. The monoisotopic (exact) mass is 262 g/mol. The summed E-state index contributed by atoms with van der Waals surface area (Å²) in [4.78, 5) is 14.1. The van der Waals surface area contributed by atoms with Crippen LogP contribution in [0.3, 0.4) is 0 Å². The van der Waals surface area contributed by atoms with Crippen molar-refractivity contribution in [3.05, 3.63) is 35.4 Å². The van der Waals surface area contributed by atoms with Crippen LogP contribution in [0.5, 0.6) is 0 Å². The maximum atomic E-state index is 12.4. The molecule has 0 radical (unpaired) electrons. The average molecular weight is 262 g/mol. The average Bonchev–Trinajstić information content (AvgIpc) is 2.35. The second kappa shape index (κ2) is 5.31. The van der Waals surface area contributed by atoms with Gasteiger partial charge in [0.15, 0.2) is 0 Å². The molecule has 0 atom stereocenters. The summed E-state index contributed by atoms with van der Waals surface area (Å²) in [5.41, 5.74) is 6.53. The third-order valence-electron chi connectivity index (χ3n) is 3.95. The van der Waals surface area contributed by atoms with Crippen LogP contribution >= 0.6 is 0 Å². The number of carbonyl (C=O) groups is 1. The van der Waals surface area contributed by atoms with E-state index in [9.17, 15) is 9.90 Å². The molecule has 1 aromatic rings. The zero-order chi connectivity index (χ0) is 14.0. The molecule has 19 heavy (non-hydrogen) atoms. The maximum absolute atomic E-state index is 12.4. The van der Waals surface area contributed by atoms with Crippen LogP contribution < -0.4 is 5.73 Å². The zero-order valence-electron chi connectivity index (χ0n) is 11.6. The SMILES string of the molecule is CC(C)C1(O)CN(C(=O)c2ccccc2CCN)C1. The number of rotatable bonds is 4. The highest BCUT2D eigenvalue weighted by Crippen LogP contribution is 2.30. The van der Waals surface area contributed by atoms with Crippen molar-refractivity contribution in [1.82, 2.24) is 4.90 Å². The molecule has 1 saturated heterocycles. The first-order valence-electron chi connectivity index (χ1n) is 6.77. The van der Waals surface area contributed by atoms with Gasteiger partial charge in [0.05, 0.1) is 13.1 Å². The number of hydrogen-bond acceptors (Lipinski definition) is 3. The topological polar surface area (TPSA) is 66.6 Å². The van der Waals surface area contributed by atoms with Gasteiger partial charge in [-0.3, -0.25) is 4.79 Å². The van der Waals surface area contributed by atoms with Gasteiger partial charge in [0.25, 0.3) is 5.91 Å². The lowest BCUT2D eigenvalue weighted by Crippen LogP contribution is -2.66. The van der Waals surface area contributed by atoms with E-state index in [0.717, 1.165) is 5.56 Å². The molecule has 0 saturated carbocycles. The number of amides is 1. The molecular weight excluding hydrogens is 240 g/mol. The fourth-order valence-electron chi connectivity index (χ4n) is 2.40. The van der Waals surface area contributed by atoms with Crippen molar-refractivity contribution in [1.29, 1.82) is 0 Å². The number of benzene rings is 1. The Morgan fingerprint density at radius 3 is 2.63 bits per heavy atom. The number of nitrogens with two attached hydrogens (primary N) is 1. The molecule has 0 spiro atoms. The standard InChI is InChI=1S/C15H22N2O2/c1-11(2)15(19)9-17(10-15)14(18)13-6-4-3-5-12(13)7-8-16/h3-6,11,19H,7-10,16H2,1-2H3. The van der Waals surface area contributed by atoms with Gasteiger partial charge < -0.3 is 15.7 Å². The lowest BCUT2D eigenvalue weighted by atomic mass is 9.82. The molecule has 3 N–H and O–H groups in total. The van der Waals surface area contributed by atoms with Crippen molar-refractivity contribution in [3.63, 3.8) is 0 Å². The minimum Gasteiger partial charge on any atom is -0.386 e. The highest BCUT2D eigenvalue weighted by atomic mass is 16.3. The fourth-order valence-corrected chi connectivity index (χ4v) is 2.40. The molecule has 1 aromatic carbocycles. The Kier molecular flexibility index (Phi) is 3.92. The third kappa shape index (κ3) is 2.65. The number of likely N-dealkylation sites (tertiary alicyclic amines) is 1. The second-order valence-corrected chi connectivity index (χ2v) is 5.62. The molecular formula is C15H22N2O2. The second-order valence-electron chi connectivity index (χ2n) is 5.62. The van der Waals surface area contributed by atoms with E-state index in [1.54, 1.807) is 4.90 Å². The Morgan fingerprint density at radius 1 is 1.42 bits per heavy atom. The van der Waals surface area contributed by atoms with E-state index in [1.165, 1.54) is 0 Å². The first-order valence-corrected chi connectivity index (χ1v) is 6.77. The Hall–Kier alpha value is -1.39. The molecule has 4 heteroatoms. The number of aliphatic hydroxyl groups is 1. The molecule has 0 unspecified atom stereocenters. The van der Waals surface area contributed by atoms with Crippen LogP contribution in [0.15, 0.2) is 24.3 Å². The Labute approximate surface area is 114 Å². The van der Waals surface area contributed by atoms with Crippen LogP contribution in [-0.4, -0.2) is 41.1 Å². The van der Waals surface area contributed by atoms with Crippen LogP contribution in [0.25, 0.3) is 0 Å². The summed E-state index contributed by atoms with van der Waals surface area (Å²) in [6.45, 7) is 5.31. The minimum absolute atomic E-state index is 0.00521. The van der Waals surface area contributed by atoms with Gasteiger partial charge in [0, 0.05) is 5.56 Å². The molecule has 1 fully saturated rings. The molecule has 1 amide bonds. The molecule has 1 aliphatic rings. The third-order valence-corrected chi connectivity index (χ3v) is 3.95. The van der Waals surface area contributed by atoms with Gasteiger partial charge in [-0.05, 0) is 30.5 Å². The normalized spacial score (nSPS) is 17.4. The molecule has 1 aliphatic heterocycles. The van der Waals surface area contributed by atoms with Gasteiger partial charge in [-0.25, -0.2) is 0 Å². The summed E-state index contributed by atoms with van der Waals surface area (Å²) in [7, 11) is 0. The lowest BCUT2D eigenvalue weighted by Gasteiger charge is -2.49. The van der Waals surface area contributed by atoms with Crippen LogP contribution in [-0.2, 0) is 6.42 Å².